The Hall–Kier alpha value is -5.68. The number of benzene rings is 4. The summed E-state index contributed by atoms with van der Waals surface area (Å²) in [7, 11) is 0. The molecule has 1 aliphatic rings. The van der Waals surface area contributed by atoms with Gasteiger partial charge < -0.3 is 35.0 Å². The van der Waals surface area contributed by atoms with E-state index in [0.717, 1.165) is 16.7 Å². The lowest BCUT2D eigenvalue weighted by Gasteiger charge is -2.34. The van der Waals surface area contributed by atoms with Crippen molar-refractivity contribution >= 4 is 24.0 Å². The highest BCUT2D eigenvalue weighted by Gasteiger charge is 2.38. The molecule has 3 N–H and O–H groups in total. The Morgan fingerprint density at radius 2 is 1.32 bits per heavy atom. The number of ether oxygens (including phenoxy) is 2. The fourth-order valence-electron chi connectivity index (χ4n) is 6.25. The van der Waals surface area contributed by atoms with E-state index in [0.29, 0.717) is 50.8 Å². The maximum Gasteiger partial charge on any atom is 0.407 e. The van der Waals surface area contributed by atoms with Crippen molar-refractivity contribution in [2.24, 2.45) is 0 Å². The molecule has 0 radical (unpaired) electrons. The van der Waals surface area contributed by atoms with Crippen LogP contribution in [0.4, 0.5) is 9.59 Å². The largest absolute Gasteiger partial charge is 0.459 e. The third-order valence-corrected chi connectivity index (χ3v) is 9.12. The van der Waals surface area contributed by atoms with Crippen LogP contribution in [-0.4, -0.2) is 83.3 Å². The zero-order chi connectivity index (χ0) is 37.3. The molecule has 1 aliphatic heterocycles. The van der Waals surface area contributed by atoms with Gasteiger partial charge in [-0.2, -0.15) is 0 Å². The number of hydrogen-bond acceptors (Lipinski definition) is 7. The molecule has 278 valence electrons. The van der Waals surface area contributed by atoms with E-state index in [1.807, 2.05) is 97.1 Å². The number of carbonyl (C=O) groups is 4. The molecule has 4 aromatic rings. The molecule has 0 bridgehead atoms. The number of carbonyl (C=O) groups excluding carboxylic acids is 4. The van der Waals surface area contributed by atoms with Gasteiger partial charge in [-0.1, -0.05) is 109 Å². The number of nitrogens with one attached hydrogen (secondary N) is 2. The second kappa shape index (κ2) is 20.4. The number of unbranched alkanes of at least 4 members (excludes halogenated alkanes) is 1. The molecule has 4 aromatic carbocycles. The van der Waals surface area contributed by atoms with Gasteiger partial charge in [0, 0.05) is 25.2 Å². The molecule has 0 aromatic heterocycles. The third-order valence-electron chi connectivity index (χ3n) is 9.12. The van der Waals surface area contributed by atoms with E-state index in [1.165, 1.54) is 9.80 Å². The standard InChI is InChI=1S/C42H48N4O7/c47-38(36(28-32-16-5-1-6-17-32)44-39(48)35-22-11-4-12-23-35)29-45(26-14-13-25-43-41(50)53-31-34-20-9-3-10-21-34)42(51)46-27-15-24-37(46)40(49)52-30-33-18-7-2-8-19-33/h1-12,16-23,36-38,47H,13-15,24-31H2,(H,43,50)(H,44,48)/t36?,37-,38?/m0/s1. The first-order valence-corrected chi connectivity index (χ1v) is 18.2. The number of rotatable bonds is 17. The summed E-state index contributed by atoms with van der Waals surface area (Å²) in [6.07, 6.45) is 0.763. The van der Waals surface area contributed by atoms with E-state index in [1.54, 1.807) is 24.3 Å². The fraction of sp³-hybridized carbons (Fsp3) is 0.333. The van der Waals surface area contributed by atoms with E-state index in [9.17, 15) is 24.3 Å². The monoisotopic (exact) mass is 720 g/mol. The molecular weight excluding hydrogens is 672 g/mol. The molecule has 0 spiro atoms. The number of aliphatic hydroxyl groups excluding tert-OH is 1. The van der Waals surface area contributed by atoms with Crippen molar-refractivity contribution in [3.63, 3.8) is 0 Å². The Balaban J connectivity index is 1.25. The predicted octanol–water partition coefficient (Wildman–Crippen LogP) is 5.73. The summed E-state index contributed by atoms with van der Waals surface area (Å²) < 4.78 is 10.9. The zero-order valence-corrected chi connectivity index (χ0v) is 29.8. The molecule has 53 heavy (non-hydrogen) atoms. The molecule has 5 rings (SSSR count). The van der Waals surface area contributed by atoms with E-state index in [4.69, 9.17) is 9.47 Å². The third kappa shape index (κ3) is 12.2. The van der Waals surface area contributed by atoms with Crippen molar-refractivity contribution in [1.82, 2.24) is 20.4 Å². The van der Waals surface area contributed by atoms with Gasteiger partial charge in [-0.25, -0.2) is 14.4 Å². The Morgan fingerprint density at radius 1 is 0.755 bits per heavy atom. The van der Waals surface area contributed by atoms with E-state index in [-0.39, 0.29) is 32.2 Å². The molecule has 0 saturated carbocycles. The number of esters is 1. The first-order valence-electron chi connectivity index (χ1n) is 18.2. The van der Waals surface area contributed by atoms with Crippen molar-refractivity contribution in [1.29, 1.82) is 0 Å². The number of alkyl carbamates (subject to hydrolysis) is 1. The minimum atomic E-state index is -1.15. The van der Waals surface area contributed by atoms with Crippen LogP contribution in [-0.2, 0) is 33.9 Å². The highest BCUT2D eigenvalue weighted by molar-refractivity contribution is 5.94. The molecule has 2 unspecified atom stereocenters. The summed E-state index contributed by atoms with van der Waals surface area (Å²) in [5.74, 6) is -0.815. The highest BCUT2D eigenvalue weighted by Crippen LogP contribution is 2.22. The van der Waals surface area contributed by atoms with Crippen LogP contribution in [0.15, 0.2) is 121 Å². The summed E-state index contributed by atoms with van der Waals surface area (Å²) >= 11 is 0. The first-order chi connectivity index (χ1) is 25.9. The number of urea groups is 1. The lowest BCUT2D eigenvalue weighted by Crippen LogP contribution is -2.54. The van der Waals surface area contributed by atoms with Gasteiger partial charge in [-0.15, -0.1) is 0 Å². The van der Waals surface area contributed by atoms with Gasteiger partial charge in [-0.3, -0.25) is 4.79 Å². The average Bonchev–Trinajstić information content (AvgIpc) is 3.70. The van der Waals surface area contributed by atoms with Gasteiger partial charge in [0.2, 0.25) is 0 Å². The maximum absolute atomic E-state index is 14.2. The van der Waals surface area contributed by atoms with E-state index in [2.05, 4.69) is 10.6 Å². The Labute approximate surface area is 310 Å². The van der Waals surface area contributed by atoms with Gasteiger partial charge in [0.1, 0.15) is 19.3 Å². The number of amides is 4. The molecule has 4 amide bonds. The fourth-order valence-corrected chi connectivity index (χ4v) is 6.25. The Bertz CT molecular complexity index is 1730. The second-order valence-electron chi connectivity index (χ2n) is 13.1. The smallest absolute Gasteiger partial charge is 0.407 e. The number of hydrogen-bond donors (Lipinski definition) is 3. The minimum Gasteiger partial charge on any atom is -0.459 e. The normalized spacial score (nSPS) is 14.8. The SMILES string of the molecule is O=C(NCCCCN(CC(O)C(Cc1ccccc1)NC(=O)c1ccccc1)C(=O)N1CCC[C@H]1C(=O)OCc1ccccc1)OCc1ccccc1. The van der Waals surface area contributed by atoms with E-state index >= 15 is 0 Å². The summed E-state index contributed by atoms with van der Waals surface area (Å²) in [6, 6.07) is 35.2. The van der Waals surface area contributed by atoms with E-state index < -0.39 is 36.3 Å². The molecular formula is C42H48N4O7. The van der Waals surface area contributed by atoms with Crippen LogP contribution in [0, 0.1) is 0 Å². The summed E-state index contributed by atoms with van der Waals surface area (Å²) in [4.78, 5) is 56.1. The molecule has 1 fully saturated rings. The first kappa shape index (κ1) is 38.5. The topological polar surface area (TPSA) is 138 Å². The van der Waals surface area contributed by atoms with Crippen molar-refractivity contribution in [3.05, 3.63) is 144 Å². The van der Waals surface area contributed by atoms with Crippen LogP contribution in [0.2, 0.25) is 0 Å². The zero-order valence-electron chi connectivity index (χ0n) is 29.8. The van der Waals surface area contributed by atoms with Crippen LogP contribution in [0.3, 0.4) is 0 Å². The van der Waals surface area contributed by atoms with Crippen LogP contribution < -0.4 is 10.6 Å². The molecule has 11 nitrogen and oxygen atoms in total. The Kier molecular flexibility index (Phi) is 14.8. The van der Waals surface area contributed by atoms with Crippen molar-refractivity contribution in [2.75, 3.05) is 26.2 Å². The molecule has 3 atom stereocenters. The van der Waals surface area contributed by atoms with Gasteiger partial charge in [0.15, 0.2) is 0 Å². The minimum absolute atomic E-state index is 0.0970. The predicted molar refractivity (Wildman–Crippen MR) is 201 cm³/mol. The number of nitrogens with zero attached hydrogens (tertiary/aromatic N) is 2. The van der Waals surface area contributed by atoms with Gasteiger partial charge in [-0.05, 0) is 60.9 Å². The lowest BCUT2D eigenvalue weighted by molar-refractivity contribution is -0.149. The average molecular weight is 721 g/mol. The van der Waals surface area contributed by atoms with Crippen LogP contribution in [0.1, 0.15) is 52.7 Å². The molecule has 1 heterocycles. The summed E-state index contributed by atoms with van der Waals surface area (Å²) in [6.45, 7) is 1.08. The quantitative estimate of drug-likeness (QED) is 0.0937. The van der Waals surface area contributed by atoms with Crippen molar-refractivity contribution in [3.8, 4) is 0 Å². The molecule has 1 saturated heterocycles. The van der Waals surface area contributed by atoms with Crippen molar-refractivity contribution in [2.45, 2.75) is 63.5 Å². The van der Waals surface area contributed by atoms with Crippen LogP contribution in [0.5, 0.6) is 0 Å². The highest BCUT2D eigenvalue weighted by atomic mass is 16.5. The van der Waals surface area contributed by atoms with Gasteiger partial charge >= 0.3 is 18.1 Å². The van der Waals surface area contributed by atoms with Crippen LogP contribution >= 0.6 is 0 Å². The van der Waals surface area contributed by atoms with Crippen molar-refractivity contribution < 1.29 is 33.8 Å². The maximum atomic E-state index is 14.2. The molecule has 11 heteroatoms. The number of likely N-dealkylation sites (tertiary alicyclic amines) is 1. The summed E-state index contributed by atoms with van der Waals surface area (Å²) in [5, 5.41) is 17.5. The van der Waals surface area contributed by atoms with Crippen LogP contribution in [0.25, 0.3) is 0 Å². The second-order valence-corrected chi connectivity index (χ2v) is 13.1. The molecule has 0 aliphatic carbocycles. The Morgan fingerprint density at radius 3 is 1.94 bits per heavy atom. The lowest BCUT2D eigenvalue weighted by atomic mass is 10.00. The van der Waals surface area contributed by atoms with Gasteiger partial charge in [0.05, 0.1) is 18.7 Å². The van der Waals surface area contributed by atoms with Gasteiger partial charge in [0.25, 0.3) is 5.91 Å². The number of aliphatic hydroxyl groups is 1. The summed E-state index contributed by atoms with van der Waals surface area (Å²) in [5.41, 5.74) is 3.09.